The molecule has 1 saturated heterocycles. The first-order valence-corrected chi connectivity index (χ1v) is 7.79. The third-order valence-electron chi connectivity index (χ3n) is 3.41. The fourth-order valence-electron chi connectivity index (χ4n) is 2.27. The Labute approximate surface area is 134 Å². The van der Waals surface area contributed by atoms with Gasteiger partial charge in [0.25, 0.3) is 5.91 Å². The summed E-state index contributed by atoms with van der Waals surface area (Å²) in [6.07, 6.45) is -4.67. The first-order valence-electron chi connectivity index (χ1n) is 6.97. The van der Waals surface area contributed by atoms with Crippen LogP contribution in [0, 0.1) is 0 Å². The molecule has 0 bridgehead atoms. The molecule has 0 radical (unpaired) electrons. The summed E-state index contributed by atoms with van der Waals surface area (Å²) < 4.78 is 44.9. The summed E-state index contributed by atoms with van der Waals surface area (Å²) in [7, 11) is 0. The monoisotopic (exact) mass is 342 g/mol. The van der Waals surface area contributed by atoms with Crippen molar-refractivity contribution < 1.29 is 22.7 Å². The number of hydrogen-bond donors (Lipinski definition) is 0. The molecule has 0 aliphatic carbocycles. The van der Waals surface area contributed by atoms with Crippen molar-refractivity contribution in [2.24, 2.45) is 0 Å². The number of carbonyl (C=O) groups is 1. The van der Waals surface area contributed by atoms with E-state index < -0.39 is 17.8 Å². The number of ether oxygens (including phenoxy) is 1. The van der Waals surface area contributed by atoms with E-state index in [-0.39, 0.29) is 23.0 Å². The lowest BCUT2D eigenvalue weighted by atomic mass is 10.2. The van der Waals surface area contributed by atoms with Crippen LogP contribution in [0.25, 0.3) is 10.6 Å². The van der Waals surface area contributed by atoms with Crippen molar-refractivity contribution in [3.63, 3.8) is 0 Å². The molecule has 8 heteroatoms. The van der Waals surface area contributed by atoms with Crippen molar-refractivity contribution in [1.82, 2.24) is 9.88 Å². The van der Waals surface area contributed by atoms with Crippen LogP contribution in [-0.4, -0.2) is 42.1 Å². The fourth-order valence-corrected chi connectivity index (χ4v) is 3.33. The summed E-state index contributed by atoms with van der Waals surface area (Å²) in [6.45, 7) is 1.23. The predicted molar refractivity (Wildman–Crippen MR) is 79.3 cm³/mol. The number of hydrogen-bond acceptors (Lipinski definition) is 4. The fraction of sp³-hybridized carbons (Fsp3) is 0.333. The Hall–Kier alpha value is -1.93. The highest BCUT2D eigenvalue weighted by molar-refractivity contribution is 7.17. The van der Waals surface area contributed by atoms with Crippen LogP contribution in [0.2, 0.25) is 0 Å². The van der Waals surface area contributed by atoms with Gasteiger partial charge in [-0.1, -0.05) is 30.3 Å². The minimum atomic E-state index is -4.67. The van der Waals surface area contributed by atoms with E-state index in [2.05, 4.69) is 4.98 Å². The first kappa shape index (κ1) is 15.9. The Morgan fingerprint density at radius 2 is 1.83 bits per heavy atom. The van der Waals surface area contributed by atoms with Crippen molar-refractivity contribution in [2.75, 3.05) is 26.3 Å². The maximum absolute atomic E-state index is 13.3. The third-order valence-corrected chi connectivity index (χ3v) is 4.50. The van der Waals surface area contributed by atoms with E-state index in [0.717, 1.165) is 11.3 Å². The Kier molecular flexibility index (Phi) is 4.36. The molecule has 0 atom stereocenters. The summed E-state index contributed by atoms with van der Waals surface area (Å²) in [4.78, 5) is 17.1. The largest absolute Gasteiger partial charge is 0.435 e. The highest BCUT2D eigenvalue weighted by atomic mass is 32.1. The van der Waals surface area contributed by atoms with Crippen LogP contribution in [0.4, 0.5) is 13.2 Å². The first-order chi connectivity index (χ1) is 11.0. The zero-order valence-electron chi connectivity index (χ0n) is 12.0. The minimum Gasteiger partial charge on any atom is -0.378 e. The topological polar surface area (TPSA) is 42.4 Å². The zero-order chi connectivity index (χ0) is 16.4. The standard InChI is InChI=1S/C15H13F3N2O2S/c16-15(17,18)12-11(14(21)20-6-8-22-9-7-20)23-13(19-12)10-4-2-1-3-5-10/h1-5H,6-9H2. The maximum Gasteiger partial charge on any atom is 0.435 e. The Morgan fingerprint density at radius 3 is 2.43 bits per heavy atom. The number of alkyl halides is 3. The van der Waals surface area contributed by atoms with Crippen molar-refractivity contribution in [3.05, 3.63) is 40.9 Å². The molecule has 0 N–H and O–H groups in total. The SMILES string of the molecule is O=C(c1sc(-c2ccccc2)nc1C(F)(F)F)N1CCOCC1. The number of nitrogens with zero attached hydrogens (tertiary/aromatic N) is 2. The molecule has 1 aromatic carbocycles. The van der Waals surface area contributed by atoms with Gasteiger partial charge in [-0.25, -0.2) is 4.98 Å². The molecule has 2 aromatic rings. The zero-order valence-corrected chi connectivity index (χ0v) is 12.8. The van der Waals surface area contributed by atoms with Gasteiger partial charge in [0.15, 0.2) is 5.69 Å². The van der Waals surface area contributed by atoms with Crippen LogP contribution in [0.1, 0.15) is 15.4 Å². The van der Waals surface area contributed by atoms with E-state index in [4.69, 9.17) is 4.74 Å². The molecule has 1 aliphatic rings. The number of thiazole rings is 1. The van der Waals surface area contributed by atoms with Gasteiger partial charge in [0.2, 0.25) is 0 Å². The van der Waals surface area contributed by atoms with Gasteiger partial charge in [0.05, 0.1) is 13.2 Å². The Balaban J connectivity index is 2.01. The van der Waals surface area contributed by atoms with Gasteiger partial charge in [-0.3, -0.25) is 4.79 Å². The molecule has 1 fully saturated rings. The van der Waals surface area contributed by atoms with E-state index in [9.17, 15) is 18.0 Å². The average molecular weight is 342 g/mol. The molecule has 0 saturated carbocycles. The van der Waals surface area contributed by atoms with E-state index in [1.807, 2.05) is 0 Å². The molecule has 23 heavy (non-hydrogen) atoms. The summed E-state index contributed by atoms with van der Waals surface area (Å²) in [6, 6.07) is 8.53. The lowest BCUT2D eigenvalue weighted by Crippen LogP contribution is -2.41. The van der Waals surface area contributed by atoms with E-state index in [1.54, 1.807) is 30.3 Å². The lowest BCUT2D eigenvalue weighted by molar-refractivity contribution is -0.141. The second-order valence-electron chi connectivity index (χ2n) is 4.97. The van der Waals surface area contributed by atoms with Crippen LogP contribution < -0.4 is 0 Å². The molecule has 1 amide bonds. The van der Waals surface area contributed by atoms with Crippen LogP contribution in [0.5, 0.6) is 0 Å². The molecule has 4 nitrogen and oxygen atoms in total. The van der Waals surface area contributed by atoms with Gasteiger partial charge < -0.3 is 9.64 Å². The van der Waals surface area contributed by atoms with Gasteiger partial charge in [0.1, 0.15) is 9.88 Å². The smallest absolute Gasteiger partial charge is 0.378 e. The van der Waals surface area contributed by atoms with Crippen LogP contribution >= 0.6 is 11.3 Å². The molecule has 122 valence electrons. The number of carbonyl (C=O) groups excluding carboxylic acids is 1. The van der Waals surface area contributed by atoms with E-state index in [1.165, 1.54) is 4.90 Å². The molecule has 1 aromatic heterocycles. The molecular formula is C15H13F3N2O2S. The average Bonchev–Trinajstić information content (AvgIpc) is 3.01. The second-order valence-corrected chi connectivity index (χ2v) is 5.96. The van der Waals surface area contributed by atoms with Gasteiger partial charge in [-0.15, -0.1) is 11.3 Å². The molecule has 0 spiro atoms. The number of benzene rings is 1. The molecular weight excluding hydrogens is 329 g/mol. The summed E-state index contributed by atoms with van der Waals surface area (Å²) in [5.74, 6) is -0.639. The Morgan fingerprint density at radius 1 is 1.17 bits per heavy atom. The number of rotatable bonds is 2. The number of halogens is 3. The third kappa shape index (κ3) is 3.37. The normalized spacial score (nSPS) is 15.7. The maximum atomic E-state index is 13.3. The summed E-state index contributed by atoms with van der Waals surface area (Å²) in [5.41, 5.74) is -0.554. The molecule has 2 heterocycles. The molecule has 3 rings (SSSR count). The van der Waals surface area contributed by atoms with Crippen molar-refractivity contribution in [2.45, 2.75) is 6.18 Å². The Bertz CT molecular complexity index is 694. The van der Waals surface area contributed by atoms with Gasteiger partial charge in [-0.2, -0.15) is 13.2 Å². The van der Waals surface area contributed by atoms with Crippen LogP contribution in [0.15, 0.2) is 30.3 Å². The van der Waals surface area contributed by atoms with Gasteiger partial charge >= 0.3 is 6.18 Å². The van der Waals surface area contributed by atoms with Crippen molar-refractivity contribution in [1.29, 1.82) is 0 Å². The quantitative estimate of drug-likeness (QED) is 0.841. The van der Waals surface area contributed by atoms with E-state index in [0.29, 0.717) is 18.8 Å². The lowest BCUT2D eigenvalue weighted by Gasteiger charge is -2.26. The minimum absolute atomic E-state index is 0.189. The van der Waals surface area contributed by atoms with Crippen molar-refractivity contribution in [3.8, 4) is 10.6 Å². The van der Waals surface area contributed by atoms with E-state index >= 15 is 0 Å². The van der Waals surface area contributed by atoms with Gasteiger partial charge in [0, 0.05) is 18.7 Å². The highest BCUT2D eigenvalue weighted by Gasteiger charge is 2.40. The number of aromatic nitrogens is 1. The summed E-state index contributed by atoms with van der Waals surface area (Å²) >= 11 is 0.778. The predicted octanol–water partition coefficient (Wildman–Crippen LogP) is 3.30. The number of morpholine rings is 1. The van der Waals surface area contributed by atoms with Crippen molar-refractivity contribution >= 4 is 17.2 Å². The highest BCUT2D eigenvalue weighted by Crippen LogP contribution is 2.38. The van der Waals surface area contributed by atoms with Gasteiger partial charge in [-0.05, 0) is 0 Å². The van der Waals surface area contributed by atoms with Crippen LogP contribution in [-0.2, 0) is 10.9 Å². The number of amides is 1. The molecule has 1 aliphatic heterocycles. The summed E-state index contributed by atoms with van der Waals surface area (Å²) in [5, 5.41) is 0.189. The molecule has 0 unspecified atom stereocenters. The second kappa shape index (κ2) is 6.29. The van der Waals surface area contributed by atoms with Crippen LogP contribution in [0.3, 0.4) is 0 Å².